The molecule has 0 aliphatic rings. The van der Waals surface area contributed by atoms with Crippen LogP contribution in [0, 0.1) is 0 Å². The van der Waals surface area contributed by atoms with Crippen LogP contribution < -0.4 is 15.2 Å². The van der Waals surface area contributed by atoms with Crippen LogP contribution in [0.3, 0.4) is 0 Å². The molecule has 88 valence electrons. The quantitative estimate of drug-likeness (QED) is 0.832. The Bertz CT molecular complexity index is 353. The van der Waals surface area contributed by atoms with E-state index in [9.17, 15) is 0 Å². The molecule has 0 fully saturated rings. The van der Waals surface area contributed by atoms with Gasteiger partial charge in [-0.15, -0.1) is 0 Å². The van der Waals surface area contributed by atoms with Crippen molar-refractivity contribution in [1.82, 2.24) is 0 Å². The number of halogens is 1. The van der Waals surface area contributed by atoms with E-state index in [0.29, 0.717) is 13.2 Å². The van der Waals surface area contributed by atoms with Crippen LogP contribution in [0.5, 0.6) is 11.5 Å². The van der Waals surface area contributed by atoms with E-state index in [-0.39, 0.29) is 0 Å². The van der Waals surface area contributed by atoms with E-state index in [1.165, 1.54) is 5.54 Å². The van der Waals surface area contributed by atoms with Crippen LogP contribution in [0.25, 0.3) is 0 Å². The lowest BCUT2D eigenvalue weighted by Crippen LogP contribution is -2.05. The zero-order valence-corrected chi connectivity index (χ0v) is 10.0. The molecule has 0 bridgehead atoms. The monoisotopic (exact) mass is 241 g/mol. The Hall–Kier alpha value is -1.19. The van der Waals surface area contributed by atoms with E-state index in [0.717, 1.165) is 23.5 Å². The third-order valence-electron chi connectivity index (χ3n) is 2.11. The van der Waals surface area contributed by atoms with Crippen LogP contribution in [-0.2, 0) is 6.42 Å². The number of methoxy groups -OCH3 is 1. The maximum absolute atomic E-state index is 5.55. The molecule has 4 heteroatoms. The molecular formula is C12H16ClNO2. The van der Waals surface area contributed by atoms with Gasteiger partial charge in [0.15, 0.2) is 0 Å². The topological polar surface area (TPSA) is 44.5 Å². The van der Waals surface area contributed by atoms with Gasteiger partial charge in [-0.1, -0.05) is 11.6 Å². The van der Waals surface area contributed by atoms with Crippen molar-refractivity contribution in [1.29, 1.82) is 0 Å². The van der Waals surface area contributed by atoms with Gasteiger partial charge in [0.05, 0.1) is 7.11 Å². The maximum atomic E-state index is 5.55. The molecule has 1 rings (SSSR count). The normalized spacial score (nSPS) is 10.7. The minimum absolute atomic E-state index is 0.452. The Morgan fingerprint density at radius 1 is 1.44 bits per heavy atom. The summed E-state index contributed by atoms with van der Waals surface area (Å²) in [7, 11) is 1.64. The average molecular weight is 242 g/mol. The van der Waals surface area contributed by atoms with Crippen molar-refractivity contribution in [3.8, 4) is 11.5 Å². The Balaban J connectivity index is 2.80. The highest BCUT2D eigenvalue weighted by atomic mass is 35.5. The fourth-order valence-corrected chi connectivity index (χ4v) is 1.42. The van der Waals surface area contributed by atoms with Crippen molar-refractivity contribution in [2.24, 2.45) is 5.73 Å². The van der Waals surface area contributed by atoms with Crippen LogP contribution in [0.15, 0.2) is 29.8 Å². The smallest absolute Gasteiger partial charge is 0.123 e. The van der Waals surface area contributed by atoms with Gasteiger partial charge >= 0.3 is 0 Å². The molecule has 0 spiro atoms. The predicted molar refractivity (Wildman–Crippen MR) is 66.2 cm³/mol. The summed E-state index contributed by atoms with van der Waals surface area (Å²) >= 11 is 5.42. The molecule has 0 aromatic heterocycles. The first-order valence-electron chi connectivity index (χ1n) is 5.06. The Morgan fingerprint density at radius 3 is 2.88 bits per heavy atom. The number of nitrogens with two attached hydrogens (primary N) is 1. The number of hydrogen-bond donors (Lipinski definition) is 1. The van der Waals surface area contributed by atoms with E-state index < -0.39 is 0 Å². The van der Waals surface area contributed by atoms with Crippen molar-refractivity contribution in [3.05, 3.63) is 35.4 Å². The maximum Gasteiger partial charge on any atom is 0.123 e. The third kappa shape index (κ3) is 3.76. The van der Waals surface area contributed by atoms with Crippen LogP contribution >= 0.6 is 11.6 Å². The van der Waals surface area contributed by atoms with E-state index in [1.54, 1.807) is 13.2 Å². The molecule has 1 aromatic rings. The second kappa shape index (κ2) is 7.14. The highest BCUT2D eigenvalue weighted by Crippen LogP contribution is 2.24. The lowest BCUT2D eigenvalue weighted by molar-refractivity contribution is 0.356. The molecule has 1 aromatic carbocycles. The van der Waals surface area contributed by atoms with Crippen LogP contribution in [0.2, 0.25) is 0 Å². The van der Waals surface area contributed by atoms with Gasteiger partial charge < -0.3 is 15.2 Å². The standard InChI is InChI=1S/C12H16ClNO2/c1-15-11-3-4-12(16-8-2-6-13)10(9-11)5-7-14/h2-4,6,9H,5,7-8,14H2,1H3/b6-2+. The number of hydrogen-bond acceptors (Lipinski definition) is 3. The molecule has 0 unspecified atom stereocenters. The van der Waals surface area contributed by atoms with E-state index >= 15 is 0 Å². The zero-order valence-electron chi connectivity index (χ0n) is 9.28. The first-order valence-corrected chi connectivity index (χ1v) is 5.50. The van der Waals surface area contributed by atoms with Gasteiger partial charge in [-0.2, -0.15) is 0 Å². The summed E-state index contributed by atoms with van der Waals surface area (Å²) in [4.78, 5) is 0. The molecule has 0 heterocycles. The Labute approximate surface area is 101 Å². The molecule has 2 N–H and O–H groups in total. The van der Waals surface area contributed by atoms with Gasteiger partial charge in [-0.05, 0) is 42.8 Å². The summed E-state index contributed by atoms with van der Waals surface area (Å²) in [6.07, 6.45) is 2.50. The minimum Gasteiger partial charge on any atom is -0.497 e. The third-order valence-corrected chi connectivity index (χ3v) is 2.28. The van der Waals surface area contributed by atoms with Gasteiger partial charge in [0.2, 0.25) is 0 Å². The Morgan fingerprint density at radius 2 is 2.25 bits per heavy atom. The molecule has 3 nitrogen and oxygen atoms in total. The highest BCUT2D eigenvalue weighted by Gasteiger charge is 2.04. The first-order chi connectivity index (χ1) is 7.81. The van der Waals surface area contributed by atoms with Crippen LogP contribution in [0.1, 0.15) is 5.56 Å². The molecule has 0 atom stereocenters. The predicted octanol–water partition coefficient (Wildman–Crippen LogP) is 2.33. The van der Waals surface area contributed by atoms with E-state index in [2.05, 4.69) is 0 Å². The van der Waals surface area contributed by atoms with Gasteiger partial charge in [0, 0.05) is 5.54 Å². The largest absolute Gasteiger partial charge is 0.497 e. The summed E-state index contributed by atoms with van der Waals surface area (Å²) in [6, 6.07) is 5.68. The van der Waals surface area contributed by atoms with Gasteiger partial charge in [0.1, 0.15) is 18.1 Å². The number of ether oxygens (including phenoxy) is 2. The molecule has 0 aliphatic carbocycles. The lowest BCUT2D eigenvalue weighted by Gasteiger charge is -2.11. The second-order valence-corrected chi connectivity index (χ2v) is 3.44. The van der Waals surface area contributed by atoms with Gasteiger partial charge in [0.25, 0.3) is 0 Å². The molecule has 0 saturated carbocycles. The SMILES string of the molecule is COc1ccc(OC/C=C/Cl)c(CCN)c1. The summed E-state index contributed by atoms with van der Waals surface area (Å²) < 4.78 is 10.7. The van der Waals surface area contributed by atoms with Crippen molar-refractivity contribution in [2.75, 3.05) is 20.3 Å². The van der Waals surface area contributed by atoms with Crippen molar-refractivity contribution >= 4 is 11.6 Å². The number of benzene rings is 1. The minimum atomic E-state index is 0.452. The summed E-state index contributed by atoms with van der Waals surface area (Å²) in [6.45, 7) is 1.03. The van der Waals surface area contributed by atoms with Crippen molar-refractivity contribution in [3.63, 3.8) is 0 Å². The van der Waals surface area contributed by atoms with Crippen molar-refractivity contribution in [2.45, 2.75) is 6.42 Å². The second-order valence-electron chi connectivity index (χ2n) is 3.19. The molecule has 0 aliphatic heterocycles. The summed E-state index contributed by atoms with van der Waals surface area (Å²) in [5.41, 5.74) is 8.03. The van der Waals surface area contributed by atoms with Crippen LogP contribution in [-0.4, -0.2) is 20.3 Å². The van der Waals surface area contributed by atoms with Crippen LogP contribution in [0.4, 0.5) is 0 Å². The molecule has 0 saturated heterocycles. The fraction of sp³-hybridized carbons (Fsp3) is 0.333. The highest BCUT2D eigenvalue weighted by molar-refractivity contribution is 6.25. The van der Waals surface area contributed by atoms with E-state index in [4.69, 9.17) is 26.8 Å². The van der Waals surface area contributed by atoms with Gasteiger partial charge in [-0.25, -0.2) is 0 Å². The average Bonchev–Trinajstić information content (AvgIpc) is 2.31. The summed E-state index contributed by atoms with van der Waals surface area (Å²) in [5.74, 6) is 1.63. The molecular weight excluding hydrogens is 226 g/mol. The molecule has 0 radical (unpaired) electrons. The zero-order chi connectivity index (χ0) is 11.8. The van der Waals surface area contributed by atoms with Gasteiger partial charge in [-0.3, -0.25) is 0 Å². The Kier molecular flexibility index (Phi) is 5.75. The van der Waals surface area contributed by atoms with E-state index in [1.807, 2.05) is 18.2 Å². The lowest BCUT2D eigenvalue weighted by atomic mass is 10.1. The summed E-state index contributed by atoms with van der Waals surface area (Å²) in [5, 5.41) is 0. The molecule has 0 amide bonds. The number of rotatable bonds is 6. The first kappa shape index (κ1) is 12.9. The van der Waals surface area contributed by atoms with Crippen molar-refractivity contribution < 1.29 is 9.47 Å². The fourth-order valence-electron chi connectivity index (χ4n) is 1.35. The molecule has 16 heavy (non-hydrogen) atoms.